The van der Waals surface area contributed by atoms with Crippen LogP contribution in [0.5, 0.6) is 0 Å². The summed E-state index contributed by atoms with van der Waals surface area (Å²) >= 11 is 0. The number of likely N-dealkylation sites (N-methyl/N-ethyl adjacent to an activating group) is 1. The number of hydrogen-bond acceptors (Lipinski definition) is 8. The van der Waals surface area contributed by atoms with Gasteiger partial charge < -0.3 is 26.0 Å². The van der Waals surface area contributed by atoms with Crippen LogP contribution in [-0.4, -0.2) is 60.5 Å². The van der Waals surface area contributed by atoms with Gasteiger partial charge in [0.15, 0.2) is 23.8 Å². The number of rotatable bonds is 3. The molecule has 2 fully saturated rings. The molecule has 0 aromatic carbocycles. The quantitative estimate of drug-likeness (QED) is 0.517. The number of nitrogen functional groups attached to an aromatic ring is 1. The number of carbonyl (C=O) groups is 1. The third kappa shape index (κ3) is 3.84. The molecule has 2 aromatic heterocycles. The Labute approximate surface area is 173 Å². The lowest BCUT2D eigenvalue weighted by Crippen LogP contribution is -2.42. The summed E-state index contributed by atoms with van der Waals surface area (Å²) in [7, 11) is 0. The number of hydrogen-bond donors (Lipinski definition) is 4. The number of imidazole rings is 1. The minimum atomic E-state index is -1.39. The molecule has 0 bridgehead atoms. The standard InChI is InChI=1S/C20H26N6O4/c1-2-22-19(29)16-14(27)15(28)20(30-16)26-10-23-13-17(21)24-12(25-18(13)26)9-8-11-6-4-3-5-7-11/h10-11,14-16,20,27-28H,2-7H2,1H3,(H,22,29)(H2,21,24,25). The highest BCUT2D eigenvalue weighted by Crippen LogP contribution is 2.32. The van der Waals surface area contributed by atoms with Crippen LogP contribution in [0.2, 0.25) is 0 Å². The third-order valence-corrected chi connectivity index (χ3v) is 5.56. The summed E-state index contributed by atoms with van der Waals surface area (Å²) in [4.78, 5) is 25.0. The summed E-state index contributed by atoms with van der Waals surface area (Å²) < 4.78 is 7.11. The number of nitrogens with one attached hydrogen (secondary N) is 1. The zero-order chi connectivity index (χ0) is 21.3. The molecule has 5 N–H and O–H groups in total. The molecule has 10 nitrogen and oxygen atoms in total. The number of nitrogens with two attached hydrogens (primary N) is 1. The molecule has 4 atom stereocenters. The lowest BCUT2D eigenvalue weighted by molar-refractivity contribution is -0.137. The van der Waals surface area contributed by atoms with Crippen LogP contribution < -0.4 is 11.1 Å². The smallest absolute Gasteiger partial charge is 0.252 e. The second kappa shape index (κ2) is 8.55. The minimum Gasteiger partial charge on any atom is -0.387 e. The van der Waals surface area contributed by atoms with Crippen LogP contribution in [-0.2, 0) is 9.53 Å². The number of ether oxygens (including phenoxy) is 1. The van der Waals surface area contributed by atoms with Gasteiger partial charge in [0.05, 0.1) is 6.33 Å². The van der Waals surface area contributed by atoms with Gasteiger partial charge in [-0.3, -0.25) is 9.36 Å². The molecule has 0 spiro atoms. The Kier molecular flexibility index (Phi) is 5.85. The van der Waals surface area contributed by atoms with Gasteiger partial charge in [0.25, 0.3) is 5.91 Å². The van der Waals surface area contributed by atoms with E-state index in [0.29, 0.717) is 23.6 Å². The predicted octanol–water partition coefficient (Wildman–Crippen LogP) is 0.0956. The molecule has 1 aliphatic heterocycles. The van der Waals surface area contributed by atoms with Crippen molar-refractivity contribution in [1.82, 2.24) is 24.8 Å². The number of aromatic nitrogens is 4. The van der Waals surface area contributed by atoms with Crippen LogP contribution in [0.4, 0.5) is 5.82 Å². The zero-order valence-corrected chi connectivity index (χ0v) is 16.8. The van der Waals surface area contributed by atoms with Gasteiger partial charge in [-0.1, -0.05) is 25.2 Å². The van der Waals surface area contributed by atoms with Gasteiger partial charge in [-0.15, -0.1) is 0 Å². The largest absolute Gasteiger partial charge is 0.387 e. The van der Waals surface area contributed by atoms with Gasteiger partial charge in [0.1, 0.15) is 17.7 Å². The highest BCUT2D eigenvalue weighted by atomic mass is 16.6. The van der Waals surface area contributed by atoms with Crippen molar-refractivity contribution in [2.45, 2.75) is 63.6 Å². The van der Waals surface area contributed by atoms with Gasteiger partial charge in [-0.25, -0.2) is 15.0 Å². The van der Waals surface area contributed by atoms with Crippen LogP contribution in [0.15, 0.2) is 6.33 Å². The summed E-state index contributed by atoms with van der Waals surface area (Å²) in [6.45, 7) is 2.14. The van der Waals surface area contributed by atoms with Crippen LogP contribution in [0.25, 0.3) is 11.2 Å². The van der Waals surface area contributed by atoms with E-state index in [1.165, 1.54) is 30.2 Å². The Balaban J connectivity index is 1.64. The molecule has 30 heavy (non-hydrogen) atoms. The molecule has 3 heterocycles. The van der Waals surface area contributed by atoms with Crippen molar-refractivity contribution in [3.8, 4) is 11.8 Å². The normalized spacial score (nSPS) is 27.0. The molecule has 1 amide bonds. The minimum absolute atomic E-state index is 0.167. The van der Waals surface area contributed by atoms with Crippen molar-refractivity contribution in [3.63, 3.8) is 0 Å². The second-order valence-electron chi connectivity index (χ2n) is 7.68. The van der Waals surface area contributed by atoms with Crippen molar-refractivity contribution in [2.24, 2.45) is 5.92 Å². The first-order valence-electron chi connectivity index (χ1n) is 10.3. The van der Waals surface area contributed by atoms with Gasteiger partial charge in [-0.05, 0) is 25.7 Å². The number of aliphatic hydroxyl groups is 2. The van der Waals surface area contributed by atoms with E-state index in [4.69, 9.17) is 10.5 Å². The molecule has 2 aliphatic rings. The SMILES string of the molecule is CCNC(=O)C1OC(n2cnc3c(N)nc(C#CC4CCCCC4)nc32)C(O)C1O. The van der Waals surface area contributed by atoms with E-state index in [1.807, 2.05) is 0 Å². The topological polar surface area (TPSA) is 148 Å². The molecule has 2 aromatic rings. The zero-order valence-electron chi connectivity index (χ0n) is 16.8. The highest BCUT2D eigenvalue weighted by Gasteiger charge is 2.47. The monoisotopic (exact) mass is 414 g/mol. The summed E-state index contributed by atoms with van der Waals surface area (Å²) in [5.41, 5.74) is 6.70. The summed E-state index contributed by atoms with van der Waals surface area (Å²) in [6, 6.07) is 0. The van der Waals surface area contributed by atoms with Crippen molar-refractivity contribution in [2.75, 3.05) is 12.3 Å². The Hall–Kier alpha value is -2.74. The lowest BCUT2D eigenvalue weighted by Gasteiger charge is -2.16. The van der Waals surface area contributed by atoms with Crippen molar-refractivity contribution in [3.05, 3.63) is 12.2 Å². The summed E-state index contributed by atoms with van der Waals surface area (Å²) in [5.74, 6) is 6.50. The van der Waals surface area contributed by atoms with E-state index in [-0.39, 0.29) is 11.6 Å². The van der Waals surface area contributed by atoms with Crippen LogP contribution in [0.1, 0.15) is 51.1 Å². The van der Waals surface area contributed by atoms with Crippen LogP contribution in [0, 0.1) is 17.8 Å². The highest BCUT2D eigenvalue weighted by molar-refractivity contribution is 5.83. The lowest BCUT2D eigenvalue weighted by atomic mass is 9.90. The molecule has 1 saturated carbocycles. The van der Waals surface area contributed by atoms with E-state index in [1.54, 1.807) is 6.92 Å². The van der Waals surface area contributed by atoms with E-state index in [0.717, 1.165) is 12.8 Å². The molecular weight excluding hydrogens is 388 g/mol. The van der Waals surface area contributed by atoms with Crippen LogP contribution >= 0.6 is 0 Å². The summed E-state index contributed by atoms with van der Waals surface area (Å²) in [6.07, 6.45) is 2.17. The van der Waals surface area contributed by atoms with Gasteiger partial charge in [0.2, 0.25) is 5.82 Å². The molecule has 1 aliphatic carbocycles. The predicted molar refractivity (Wildman–Crippen MR) is 108 cm³/mol. The molecule has 10 heteroatoms. The average Bonchev–Trinajstić information content (AvgIpc) is 3.29. The van der Waals surface area contributed by atoms with Crippen molar-refractivity contribution >= 4 is 22.9 Å². The van der Waals surface area contributed by atoms with E-state index >= 15 is 0 Å². The molecule has 4 unspecified atom stereocenters. The first-order valence-corrected chi connectivity index (χ1v) is 10.3. The number of amides is 1. The Morgan fingerprint density at radius 3 is 2.80 bits per heavy atom. The number of anilines is 1. The first kappa shape index (κ1) is 20.5. The molecule has 1 saturated heterocycles. The maximum absolute atomic E-state index is 12.1. The maximum Gasteiger partial charge on any atom is 0.252 e. The fourth-order valence-electron chi connectivity index (χ4n) is 3.97. The molecular formula is C20H26N6O4. The van der Waals surface area contributed by atoms with Gasteiger partial charge >= 0.3 is 0 Å². The Morgan fingerprint density at radius 2 is 2.07 bits per heavy atom. The molecule has 160 valence electrons. The molecule has 0 radical (unpaired) electrons. The van der Waals surface area contributed by atoms with Crippen LogP contribution in [0.3, 0.4) is 0 Å². The number of carbonyl (C=O) groups excluding carboxylic acids is 1. The first-order chi connectivity index (χ1) is 14.5. The van der Waals surface area contributed by atoms with E-state index < -0.39 is 30.4 Å². The van der Waals surface area contributed by atoms with Gasteiger partial charge in [-0.2, -0.15) is 0 Å². The maximum atomic E-state index is 12.1. The number of nitrogens with zero attached hydrogens (tertiary/aromatic N) is 4. The molecule has 4 rings (SSSR count). The number of aliphatic hydroxyl groups excluding tert-OH is 2. The van der Waals surface area contributed by atoms with E-state index in [2.05, 4.69) is 32.1 Å². The Morgan fingerprint density at radius 1 is 1.30 bits per heavy atom. The van der Waals surface area contributed by atoms with Gasteiger partial charge in [0, 0.05) is 12.5 Å². The summed E-state index contributed by atoms with van der Waals surface area (Å²) in [5, 5.41) is 23.3. The van der Waals surface area contributed by atoms with Crippen molar-refractivity contribution < 1.29 is 19.7 Å². The fraction of sp³-hybridized carbons (Fsp3) is 0.600. The second-order valence-corrected chi connectivity index (χ2v) is 7.68. The third-order valence-electron chi connectivity index (χ3n) is 5.56. The van der Waals surface area contributed by atoms with E-state index in [9.17, 15) is 15.0 Å². The number of fused-ring (bicyclic) bond motifs is 1. The average molecular weight is 414 g/mol. The van der Waals surface area contributed by atoms with Crippen molar-refractivity contribution in [1.29, 1.82) is 0 Å². The Bertz CT molecular complexity index is 990. The fourth-order valence-corrected chi connectivity index (χ4v) is 3.97.